The summed E-state index contributed by atoms with van der Waals surface area (Å²) in [5.74, 6) is 0.175. The molecule has 1 atom stereocenters. The maximum atomic E-state index is 12.2. The predicted octanol–water partition coefficient (Wildman–Crippen LogP) is 2.75. The minimum Gasteiger partial charge on any atom is -0.508 e. The van der Waals surface area contributed by atoms with Crippen LogP contribution in [-0.2, 0) is 9.59 Å². The molecule has 5 nitrogen and oxygen atoms in total. The number of anilines is 1. The Bertz CT molecular complexity index is 657. The molecule has 0 amide bonds. The first-order chi connectivity index (χ1) is 10.8. The van der Waals surface area contributed by atoms with Crippen molar-refractivity contribution in [1.29, 1.82) is 0 Å². The molecule has 0 saturated carbocycles. The molecule has 0 aliphatic heterocycles. The molecule has 0 aromatic heterocycles. The van der Waals surface area contributed by atoms with Crippen LogP contribution >= 0.6 is 0 Å². The quantitative estimate of drug-likeness (QED) is 0.556. The second-order valence-electron chi connectivity index (χ2n) is 6.19. The number of phenols is 1. The summed E-state index contributed by atoms with van der Waals surface area (Å²) in [5, 5.41) is 15.3. The number of nitrogens with one attached hydrogen (secondary N) is 2. The molecule has 1 unspecified atom stereocenters. The van der Waals surface area contributed by atoms with Gasteiger partial charge in [0.1, 0.15) is 5.75 Å². The first-order valence-corrected chi connectivity index (χ1v) is 7.70. The summed E-state index contributed by atoms with van der Waals surface area (Å²) in [5.41, 5.74) is 1.19. The van der Waals surface area contributed by atoms with Gasteiger partial charge in [0.15, 0.2) is 0 Å². The molecule has 122 valence electrons. The van der Waals surface area contributed by atoms with Crippen molar-refractivity contribution in [3.63, 3.8) is 0 Å². The fourth-order valence-corrected chi connectivity index (χ4v) is 2.50. The summed E-state index contributed by atoms with van der Waals surface area (Å²) in [6.07, 6.45) is 3.56. The fourth-order valence-electron chi connectivity index (χ4n) is 2.50. The van der Waals surface area contributed by atoms with Crippen molar-refractivity contribution in [2.24, 2.45) is 5.92 Å². The van der Waals surface area contributed by atoms with Crippen LogP contribution in [-0.4, -0.2) is 22.7 Å². The third-order valence-electron chi connectivity index (χ3n) is 3.45. The van der Waals surface area contributed by atoms with Crippen molar-refractivity contribution in [2.75, 3.05) is 5.32 Å². The van der Waals surface area contributed by atoms with Gasteiger partial charge in [-0.1, -0.05) is 13.8 Å². The summed E-state index contributed by atoms with van der Waals surface area (Å²) in [6, 6.07) is 6.41. The van der Waals surface area contributed by atoms with Gasteiger partial charge in [-0.05, 0) is 43.5 Å². The van der Waals surface area contributed by atoms with Crippen molar-refractivity contribution in [1.82, 2.24) is 5.32 Å². The second kappa shape index (κ2) is 7.13. The van der Waals surface area contributed by atoms with E-state index in [1.54, 1.807) is 12.1 Å². The molecule has 1 aliphatic carbocycles. The van der Waals surface area contributed by atoms with Gasteiger partial charge >= 0.3 is 0 Å². The van der Waals surface area contributed by atoms with Crippen LogP contribution in [0.3, 0.4) is 0 Å². The standard InChI is InChI=1S/C18H22N2O3/c1-11(2)8-12(3)19-15-9-18(23)16(10-17(15)22)20-13-4-6-14(21)7-5-13/h4-7,9-12,19-21H,8H2,1-3H3. The molecule has 1 aromatic rings. The van der Waals surface area contributed by atoms with E-state index in [1.807, 2.05) is 6.92 Å². The normalized spacial score (nSPS) is 16.0. The number of phenolic OH excluding ortho intramolecular Hbond substituents is 1. The SMILES string of the molecule is CC(C)CC(C)NC1=CC(=O)C(Nc2ccc(O)cc2)=CC1=O. The zero-order valence-electron chi connectivity index (χ0n) is 13.6. The van der Waals surface area contributed by atoms with Crippen LogP contribution in [0.4, 0.5) is 5.69 Å². The van der Waals surface area contributed by atoms with Gasteiger partial charge in [-0.15, -0.1) is 0 Å². The van der Waals surface area contributed by atoms with E-state index in [0.29, 0.717) is 17.3 Å². The van der Waals surface area contributed by atoms with Crippen molar-refractivity contribution in [3.8, 4) is 5.75 Å². The Balaban J connectivity index is 2.04. The van der Waals surface area contributed by atoms with Crippen molar-refractivity contribution >= 4 is 17.3 Å². The molecule has 0 spiro atoms. The molecule has 1 aromatic carbocycles. The Morgan fingerprint density at radius 3 is 2.13 bits per heavy atom. The molecule has 0 fully saturated rings. The van der Waals surface area contributed by atoms with Crippen LogP contribution in [0, 0.1) is 5.92 Å². The Hall–Kier alpha value is -2.56. The summed E-state index contributed by atoms with van der Waals surface area (Å²) in [6.45, 7) is 6.21. The van der Waals surface area contributed by atoms with Crippen LogP contribution in [0.25, 0.3) is 0 Å². The highest BCUT2D eigenvalue weighted by Gasteiger charge is 2.21. The lowest BCUT2D eigenvalue weighted by Gasteiger charge is -2.20. The first-order valence-electron chi connectivity index (χ1n) is 7.70. The highest BCUT2D eigenvalue weighted by atomic mass is 16.3. The topological polar surface area (TPSA) is 78.4 Å². The van der Waals surface area contributed by atoms with Gasteiger partial charge in [0, 0.05) is 23.9 Å². The lowest BCUT2D eigenvalue weighted by atomic mass is 10.0. The number of benzene rings is 1. The van der Waals surface area contributed by atoms with Gasteiger partial charge in [-0.3, -0.25) is 9.59 Å². The lowest BCUT2D eigenvalue weighted by Crippen LogP contribution is -2.33. The molecular weight excluding hydrogens is 292 g/mol. The van der Waals surface area contributed by atoms with Gasteiger partial charge in [0.05, 0.1) is 11.4 Å². The Labute approximate surface area is 136 Å². The van der Waals surface area contributed by atoms with E-state index < -0.39 is 0 Å². The first kappa shape index (κ1) is 16.8. The molecule has 1 aliphatic rings. The molecular formula is C18H22N2O3. The number of allylic oxidation sites excluding steroid dienone is 2. The van der Waals surface area contributed by atoms with Crippen LogP contribution in [0.2, 0.25) is 0 Å². The van der Waals surface area contributed by atoms with Gasteiger partial charge in [-0.25, -0.2) is 0 Å². The Morgan fingerprint density at radius 2 is 1.52 bits per heavy atom. The Morgan fingerprint density at radius 1 is 0.957 bits per heavy atom. The average Bonchev–Trinajstić information content (AvgIpc) is 2.45. The number of rotatable bonds is 6. The van der Waals surface area contributed by atoms with Crippen LogP contribution in [0.1, 0.15) is 27.2 Å². The summed E-state index contributed by atoms with van der Waals surface area (Å²) in [4.78, 5) is 24.4. The van der Waals surface area contributed by atoms with E-state index >= 15 is 0 Å². The second-order valence-corrected chi connectivity index (χ2v) is 6.19. The summed E-state index contributed by atoms with van der Waals surface area (Å²) in [7, 11) is 0. The third-order valence-corrected chi connectivity index (χ3v) is 3.45. The van der Waals surface area contributed by atoms with E-state index in [1.165, 1.54) is 24.3 Å². The highest BCUT2D eigenvalue weighted by molar-refractivity contribution is 6.20. The summed E-state index contributed by atoms with van der Waals surface area (Å²) >= 11 is 0. The zero-order valence-corrected chi connectivity index (χ0v) is 13.6. The van der Waals surface area contributed by atoms with E-state index in [9.17, 15) is 14.7 Å². The molecule has 0 bridgehead atoms. The number of hydrogen-bond acceptors (Lipinski definition) is 5. The average molecular weight is 314 g/mol. The van der Waals surface area contributed by atoms with E-state index in [2.05, 4.69) is 24.5 Å². The minimum absolute atomic E-state index is 0.123. The van der Waals surface area contributed by atoms with Crippen molar-refractivity contribution in [3.05, 3.63) is 47.8 Å². The maximum Gasteiger partial charge on any atom is 0.204 e. The molecule has 3 N–H and O–H groups in total. The molecule has 0 radical (unpaired) electrons. The summed E-state index contributed by atoms with van der Waals surface area (Å²) < 4.78 is 0. The zero-order chi connectivity index (χ0) is 17.0. The lowest BCUT2D eigenvalue weighted by molar-refractivity contribution is -0.115. The van der Waals surface area contributed by atoms with Gasteiger partial charge < -0.3 is 15.7 Å². The molecule has 0 saturated heterocycles. The number of carbonyl (C=O) groups excluding carboxylic acids is 2. The molecule has 5 heteroatoms. The number of aromatic hydroxyl groups is 1. The van der Waals surface area contributed by atoms with E-state index in [-0.39, 0.29) is 29.1 Å². The van der Waals surface area contributed by atoms with Crippen LogP contribution in [0.5, 0.6) is 5.75 Å². The fraction of sp³-hybridized carbons (Fsp3) is 0.333. The maximum absolute atomic E-state index is 12.2. The van der Waals surface area contributed by atoms with Gasteiger partial charge in [0.2, 0.25) is 11.6 Å². The predicted molar refractivity (Wildman–Crippen MR) is 90.0 cm³/mol. The minimum atomic E-state index is -0.253. The van der Waals surface area contributed by atoms with E-state index in [4.69, 9.17) is 0 Å². The van der Waals surface area contributed by atoms with E-state index in [0.717, 1.165) is 6.42 Å². The number of hydrogen-bond donors (Lipinski definition) is 3. The van der Waals surface area contributed by atoms with Crippen molar-refractivity contribution < 1.29 is 14.7 Å². The molecule has 23 heavy (non-hydrogen) atoms. The van der Waals surface area contributed by atoms with Crippen LogP contribution < -0.4 is 10.6 Å². The smallest absolute Gasteiger partial charge is 0.204 e. The van der Waals surface area contributed by atoms with Gasteiger partial charge in [-0.2, -0.15) is 0 Å². The number of carbonyl (C=O) groups is 2. The van der Waals surface area contributed by atoms with Crippen molar-refractivity contribution in [2.45, 2.75) is 33.2 Å². The van der Waals surface area contributed by atoms with Crippen LogP contribution in [0.15, 0.2) is 47.8 Å². The highest BCUT2D eigenvalue weighted by Crippen LogP contribution is 2.18. The monoisotopic (exact) mass is 314 g/mol. The third kappa shape index (κ3) is 4.71. The molecule has 2 rings (SSSR count). The van der Waals surface area contributed by atoms with Gasteiger partial charge in [0.25, 0.3) is 0 Å². The largest absolute Gasteiger partial charge is 0.508 e. The Kier molecular flexibility index (Phi) is 5.21. The molecule has 0 heterocycles. The number of ketones is 2.